The van der Waals surface area contributed by atoms with E-state index in [1.807, 2.05) is 60.7 Å². The molecule has 0 aliphatic carbocycles. The Hall–Kier alpha value is -2.56. The van der Waals surface area contributed by atoms with Crippen LogP contribution in [0.5, 0.6) is 0 Å². The molecule has 1 amide bonds. The van der Waals surface area contributed by atoms with Gasteiger partial charge in [0.2, 0.25) is 0 Å². The normalized spacial score (nSPS) is 10.9. The second-order valence-electron chi connectivity index (χ2n) is 6.13. The smallest absolute Gasteiger partial charge is 0.251 e. The summed E-state index contributed by atoms with van der Waals surface area (Å²) in [5.74, 6) is 0.839. The maximum atomic E-state index is 11.7. The predicted molar refractivity (Wildman–Crippen MR) is 103 cm³/mol. The van der Waals surface area contributed by atoms with Crippen molar-refractivity contribution in [2.24, 2.45) is 0 Å². The van der Waals surface area contributed by atoms with Gasteiger partial charge in [-0.1, -0.05) is 35.9 Å². The molecule has 0 spiro atoms. The van der Waals surface area contributed by atoms with Gasteiger partial charge < -0.3 is 9.73 Å². The highest BCUT2D eigenvalue weighted by molar-refractivity contribution is 6.30. The molecule has 1 aromatic heterocycles. The lowest BCUT2D eigenvalue weighted by atomic mass is 10.1. The lowest BCUT2D eigenvalue weighted by Crippen LogP contribution is -2.22. The molecule has 1 heterocycles. The Morgan fingerprint density at radius 2 is 1.58 bits per heavy atom. The molecule has 0 fully saturated rings. The molecule has 0 aliphatic rings. The van der Waals surface area contributed by atoms with Crippen LogP contribution in [0.15, 0.2) is 71.3 Å². The molecular weight excluding hydrogens is 348 g/mol. The molecule has 26 heavy (non-hydrogen) atoms. The monoisotopic (exact) mass is 368 g/mol. The highest BCUT2D eigenvalue weighted by atomic mass is 35.5. The van der Waals surface area contributed by atoms with Crippen molar-refractivity contribution >= 4 is 17.5 Å². The molecule has 0 bridgehead atoms. The molecular formula is C21H21ClN2O2. The zero-order valence-corrected chi connectivity index (χ0v) is 15.4. The van der Waals surface area contributed by atoms with Crippen molar-refractivity contribution in [1.82, 2.24) is 10.2 Å². The molecule has 0 aliphatic heterocycles. The number of nitrogens with zero attached hydrogens (tertiary/aromatic N) is 1. The van der Waals surface area contributed by atoms with Crippen LogP contribution in [0.2, 0.25) is 5.02 Å². The maximum absolute atomic E-state index is 11.7. The SMILES string of the molecule is CNC(=O)c1ccc(CN(Cc2ccc(Cl)cc2)Cc2ccco2)cc1. The molecule has 0 radical (unpaired) electrons. The molecule has 0 unspecified atom stereocenters. The van der Waals surface area contributed by atoms with Crippen LogP contribution in [0.4, 0.5) is 0 Å². The van der Waals surface area contributed by atoms with Crippen LogP contribution in [-0.4, -0.2) is 17.9 Å². The fraction of sp³-hybridized carbons (Fsp3) is 0.190. The molecule has 134 valence electrons. The minimum absolute atomic E-state index is 0.0786. The van der Waals surface area contributed by atoms with E-state index in [0.29, 0.717) is 12.1 Å². The maximum Gasteiger partial charge on any atom is 0.251 e. The average molecular weight is 369 g/mol. The zero-order chi connectivity index (χ0) is 18.4. The van der Waals surface area contributed by atoms with E-state index in [9.17, 15) is 4.79 Å². The lowest BCUT2D eigenvalue weighted by Gasteiger charge is -2.22. The number of hydrogen-bond acceptors (Lipinski definition) is 3. The van der Waals surface area contributed by atoms with Crippen LogP contribution in [0, 0.1) is 0 Å². The first-order valence-electron chi connectivity index (χ1n) is 8.44. The van der Waals surface area contributed by atoms with Gasteiger partial charge in [-0.2, -0.15) is 0 Å². The summed E-state index contributed by atoms with van der Waals surface area (Å²) in [5, 5.41) is 3.37. The van der Waals surface area contributed by atoms with Crippen LogP contribution in [-0.2, 0) is 19.6 Å². The quantitative estimate of drug-likeness (QED) is 0.668. The van der Waals surface area contributed by atoms with Crippen molar-refractivity contribution < 1.29 is 9.21 Å². The van der Waals surface area contributed by atoms with Gasteiger partial charge in [-0.3, -0.25) is 9.69 Å². The molecule has 0 saturated heterocycles. The summed E-state index contributed by atoms with van der Waals surface area (Å²) in [6.45, 7) is 2.22. The third-order valence-corrected chi connectivity index (χ3v) is 4.38. The van der Waals surface area contributed by atoms with E-state index < -0.39 is 0 Å². The standard InChI is InChI=1S/C21H21ClN2O2/c1-23-21(25)18-8-4-16(5-9-18)13-24(15-20-3-2-12-26-20)14-17-6-10-19(22)11-7-17/h2-12H,13-15H2,1H3,(H,23,25). The van der Waals surface area contributed by atoms with Gasteiger partial charge in [-0.15, -0.1) is 0 Å². The number of halogens is 1. The number of benzene rings is 2. The van der Waals surface area contributed by atoms with Gasteiger partial charge in [0.05, 0.1) is 12.8 Å². The van der Waals surface area contributed by atoms with Gasteiger partial charge in [0.1, 0.15) is 5.76 Å². The first-order valence-corrected chi connectivity index (χ1v) is 8.82. The third kappa shape index (κ3) is 4.97. The lowest BCUT2D eigenvalue weighted by molar-refractivity contribution is 0.0963. The number of hydrogen-bond donors (Lipinski definition) is 1. The van der Waals surface area contributed by atoms with Crippen molar-refractivity contribution in [2.75, 3.05) is 7.05 Å². The van der Waals surface area contributed by atoms with Crippen molar-refractivity contribution in [3.05, 3.63) is 94.4 Å². The van der Waals surface area contributed by atoms with Crippen molar-refractivity contribution in [3.8, 4) is 0 Å². The van der Waals surface area contributed by atoms with E-state index in [-0.39, 0.29) is 5.91 Å². The van der Waals surface area contributed by atoms with Crippen molar-refractivity contribution in [3.63, 3.8) is 0 Å². The summed E-state index contributed by atoms with van der Waals surface area (Å²) < 4.78 is 5.51. The minimum atomic E-state index is -0.0786. The van der Waals surface area contributed by atoms with E-state index in [1.165, 1.54) is 5.56 Å². The third-order valence-electron chi connectivity index (χ3n) is 4.13. The fourth-order valence-electron chi connectivity index (χ4n) is 2.80. The Bertz CT molecular complexity index is 827. The first-order chi connectivity index (χ1) is 12.6. The summed E-state index contributed by atoms with van der Waals surface area (Å²) in [6, 6.07) is 19.4. The molecule has 4 nitrogen and oxygen atoms in total. The molecule has 3 aromatic rings. The molecule has 1 N–H and O–H groups in total. The highest BCUT2D eigenvalue weighted by Crippen LogP contribution is 2.17. The Labute approximate surface area is 158 Å². The summed E-state index contributed by atoms with van der Waals surface area (Å²) >= 11 is 5.98. The van der Waals surface area contributed by atoms with Crippen LogP contribution < -0.4 is 5.32 Å². The van der Waals surface area contributed by atoms with Crippen LogP contribution in [0.1, 0.15) is 27.2 Å². The van der Waals surface area contributed by atoms with E-state index in [2.05, 4.69) is 10.2 Å². The van der Waals surface area contributed by atoms with E-state index >= 15 is 0 Å². The van der Waals surface area contributed by atoms with E-state index in [0.717, 1.165) is 29.4 Å². The van der Waals surface area contributed by atoms with Gasteiger partial charge in [0.15, 0.2) is 0 Å². The van der Waals surface area contributed by atoms with Crippen molar-refractivity contribution in [2.45, 2.75) is 19.6 Å². The number of carbonyl (C=O) groups excluding carboxylic acids is 1. The largest absolute Gasteiger partial charge is 0.468 e. The molecule has 3 rings (SSSR count). The Kier molecular flexibility index (Phi) is 6.10. The average Bonchev–Trinajstić information content (AvgIpc) is 3.16. The van der Waals surface area contributed by atoms with Gasteiger partial charge in [-0.05, 0) is 47.5 Å². The number of carbonyl (C=O) groups is 1. The molecule has 0 atom stereocenters. The van der Waals surface area contributed by atoms with E-state index in [4.69, 9.17) is 16.0 Å². The number of nitrogens with one attached hydrogen (secondary N) is 1. The zero-order valence-electron chi connectivity index (χ0n) is 14.6. The molecule has 5 heteroatoms. The number of rotatable bonds is 7. The molecule has 2 aromatic carbocycles. The Morgan fingerprint density at radius 1 is 0.962 bits per heavy atom. The van der Waals surface area contributed by atoms with Gasteiger partial charge in [0, 0.05) is 30.7 Å². The summed E-state index contributed by atoms with van der Waals surface area (Å²) in [7, 11) is 1.63. The summed E-state index contributed by atoms with van der Waals surface area (Å²) in [6.07, 6.45) is 1.69. The van der Waals surface area contributed by atoms with Gasteiger partial charge in [0.25, 0.3) is 5.91 Å². The van der Waals surface area contributed by atoms with Gasteiger partial charge in [-0.25, -0.2) is 0 Å². The van der Waals surface area contributed by atoms with Crippen LogP contribution in [0.3, 0.4) is 0 Å². The second-order valence-corrected chi connectivity index (χ2v) is 6.56. The fourth-order valence-corrected chi connectivity index (χ4v) is 2.93. The van der Waals surface area contributed by atoms with E-state index in [1.54, 1.807) is 13.3 Å². The molecule has 0 saturated carbocycles. The summed E-state index contributed by atoms with van der Waals surface area (Å²) in [5.41, 5.74) is 2.98. The topological polar surface area (TPSA) is 45.5 Å². The number of furan rings is 1. The Morgan fingerprint density at radius 3 is 2.12 bits per heavy atom. The number of amides is 1. The van der Waals surface area contributed by atoms with Crippen molar-refractivity contribution in [1.29, 1.82) is 0 Å². The second kappa shape index (κ2) is 8.70. The predicted octanol–water partition coefficient (Wildman–Crippen LogP) is 4.50. The van der Waals surface area contributed by atoms with Crippen LogP contribution >= 0.6 is 11.6 Å². The Balaban J connectivity index is 1.74. The van der Waals surface area contributed by atoms with Crippen LogP contribution in [0.25, 0.3) is 0 Å². The first kappa shape index (κ1) is 18.2. The summed E-state index contributed by atoms with van der Waals surface area (Å²) in [4.78, 5) is 14.0. The minimum Gasteiger partial charge on any atom is -0.468 e. The highest BCUT2D eigenvalue weighted by Gasteiger charge is 2.11. The van der Waals surface area contributed by atoms with Gasteiger partial charge >= 0.3 is 0 Å².